The molecule has 0 fully saturated rings. The minimum absolute atomic E-state index is 0.565. The fourth-order valence-corrected chi connectivity index (χ4v) is 0.325. The summed E-state index contributed by atoms with van der Waals surface area (Å²) in [5, 5.41) is 6.94. The van der Waals surface area contributed by atoms with Crippen LogP contribution in [0.4, 0.5) is 0 Å². The van der Waals surface area contributed by atoms with E-state index in [2.05, 4.69) is 28.0 Å². The van der Waals surface area contributed by atoms with Crippen molar-refractivity contribution in [1.29, 1.82) is 0 Å². The molecule has 0 aromatic heterocycles. The summed E-state index contributed by atoms with van der Waals surface area (Å²) in [7, 11) is -3.13. The van der Waals surface area contributed by atoms with Gasteiger partial charge in [-0.05, 0) is 0 Å². The Morgan fingerprint density at radius 1 is 1.70 bits per heavy atom. The Labute approximate surface area is 62.9 Å². The summed E-state index contributed by atoms with van der Waals surface area (Å²) in [5.74, 6) is 0. The summed E-state index contributed by atoms with van der Waals surface area (Å²) in [6.45, 7) is 0.565. The monoisotopic (exact) mass is 183 g/mol. The van der Waals surface area contributed by atoms with Gasteiger partial charge in [0.25, 0.3) is 0 Å². The second-order valence-corrected chi connectivity index (χ2v) is 2.28. The van der Waals surface area contributed by atoms with Crippen LogP contribution in [0.25, 0.3) is 0 Å². The molecule has 0 radical (unpaired) electrons. The van der Waals surface area contributed by atoms with Crippen molar-refractivity contribution >= 4 is 25.5 Å². The maximum Gasteiger partial charge on any atom is 0.314 e. The van der Waals surface area contributed by atoms with Gasteiger partial charge in [-0.1, -0.05) is 17.4 Å². The zero-order valence-electron chi connectivity index (χ0n) is 4.81. The molecule has 1 heterocycles. The van der Waals surface area contributed by atoms with Gasteiger partial charge in [0.15, 0.2) is 0 Å². The third kappa shape index (κ3) is 7.64. The van der Waals surface area contributed by atoms with Crippen molar-refractivity contribution in [2.24, 2.45) is 10.3 Å². The van der Waals surface area contributed by atoms with Gasteiger partial charge >= 0.3 is 8.25 Å². The summed E-state index contributed by atoms with van der Waals surface area (Å²) in [4.78, 5) is 15.0. The summed E-state index contributed by atoms with van der Waals surface area (Å²) in [5.41, 5.74) is 2.51. The number of nitrogens with zero attached hydrogens (tertiary/aromatic N) is 2. The summed E-state index contributed by atoms with van der Waals surface area (Å²) < 4.78 is 8.74. The highest BCUT2D eigenvalue weighted by Gasteiger charge is 1.95. The first kappa shape index (κ1) is 9.64. The van der Waals surface area contributed by atoms with Gasteiger partial charge in [0.1, 0.15) is 11.5 Å². The molecule has 0 aromatic rings. The van der Waals surface area contributed by atoms with E-state index in [1.807, 2.05) is 0 Å². The minimum atomic E-state index is -3.13. The molecule has 0 saturated carbocycles. The van der Waals surface area contributed by atoms with Crippen LogP contribution in [0.5, 0.6) is 0 Å². The van der Waals surface area contributed by atoms with Crippen molar-refractivity contribution in [2.75, 3.05) is 6.54 Å². The predicted octanol–water partition coefficient (Wildman–Crippen LogP) is -0.355. The van der Waals surface area contributed by atoms with E-state index in [0.29, 0.717) is 11.5 Å². The van der Waals surface area contributed by atoms with E-state index in [9.17, 15) is 0 Å². The van der Waals surface area contributed by atoms with Crippen LogP contribution in [0.15, 0.2) is 10.3 Å². The van der Waals surface area contributed by atoms with Crippen molar-refractivity contribution in [2.45, 2.75) is 0 Å². The normalized spacial score (nSPS) is 14.5. The molecule has 0 unspecified atom stereocenters. The van der Waals surface area contributed by atoms with Crippen molar-refractivity contribution in [3.63, 3.8) is 0 Å². The Balaban J connectivity index is 0.000000180. The van der Waals surface area contributed by atoms with Crippen LogP contribution >= 0.6 is 20.5 Å². The van der Waals surface area contributed by atoms with Crippen LogP contribution in [0.1, 0.15) is 0 Å². The minimum Gasteiger partial charge on any atom is -0.326 e. The van der Waals surface area contributed by atoms with Crippen LogP contribution in [-0.2, 0) is 4.57 Å². The molecule has 0 aliphatic carbocycles. The van der Waals surface area contributed by atoms with Crippen molar-refractivity contribution in [3.8, 4) is 0 Å². The molecule has 0 aromatic carbocycles. The molecule has 1 rings (SSSR count). The molecular formula is C2H6N3O3PS. The average Bonchev–Trinajstić information content (AvgIpc) is 2.15. The highest BCUT2D eigenvalue weighted by molar-refractivity contribution is 7.80. The molecule has 0 spiro atoms. The predicted molar refractivity (Wildman–Crippen MR) is 38.9 cm³/mol. The lowest BCUT2D eigenvalue weighted by molar-refractivity contribution is 0.405. The van der Waals surface area contributed by atoms with Crippen LogP contribution < -0.4 is 5.43 Å². The zero-order chi connectivity index (χ0) is 7.98. The molecule has 0 amide bonds. The quantitative estimate of drug-likeness (QED) is 0.352. The molecular weight excluding hydrogens is 177 g/mol. The first-order valence-electron chi connectivity index (χ1n) is 2.20. The van der Waals surface area contributed by atoms with Crippen molar-refractivity contribution < 1.29 is 14.4 Å². The fraction of sp³-hybridized carbons (Fsp3) is 0.500. The van der Waals surface area contributed by atoms with Gasteiger partial charge in [0.2, 0.25) is 0 Å². The Morgan fingerprint density at radius 2 is 2.20 bits per heavy atom. The van der Waals surface area contributed by atoms with Gasteiger partial charge in [-0.3, -0.25) is 9.99 Å². The molecule has 0 saturated heterocycles. The van der Waals surface area contributed by atoms with Gasteiger partial charge in [0.05, 0.1) is 0 Å². The SMILES string of the molecule is O=[PH](O)O.S=C1CN=NN1. The number of hydrogen-bond acceptors (Lipinski definition) is 4. The van der Waals surface area contributed by atoms with Crippen LogP contribution in [0.3, 0.4) is 0 Å². The van der Waals surface area contributed by atoms with Crippen molar-refractivity contribution in [3.05, 3.63) is 0 Å². The van der Waals surface area contributed by atoms with E-state index in [4.69, 9.17) is 14.4 Å². The first-order valence-corrected chi connectivity index (χ1v) is 3.91. The Bertz CT molecular complexity index is 157. The maximum absolute atomic E-state index is 8.74. The molecule has 58 valence electrons. The molecule has 10 heavy (non-hydrogen) atoms. The van der Waals surface area contributed by atoms with Gasteiger partial charge < -0.3 is 9.79 Å². The first-order chi connectivity index (χ1) is 4.63. The lowest BCUT2D eigenvalue weighted by atomic mass is 10.7. The van der Waals surface area contributed by atoms with Gasteiger partial charge in [-0.15, -0.1) is 0 Å². The second-order valence-electron chi connectivity index (χ2n) is 1.22. The molecule has 6 nitrogen and oxygen atoms in total. The molecule has 1 aliphatic rings. The van der Waals surface area contributed by atoms with Crippen LogP contribution in [0.2, 0.25) is 0 Å². The fourth-order valence-electron chi connectivity index (χ4n) is 0.226. The smallest absolute Gasteiger partial charge is 0.314 e. The van der Waals surface area contributed by atoms with Gasteiger partial charge in [-0.25, -0.2) is 0 Å². The molecule has 0 bridgehead atoms. The highest BCUT2D eigenvalue weighted by atomic mass is 32.1. The number of nitrogens with one attached hydrogen (secondary N) is 1. The van der Waals surface area contributed by atoms with Gasteiger partial charge in [0, 0.05) is 0 Å². The van der Waals surface area contributed by atoms with Crippen LogP contribution in [0, 0.1) is 0 Å². The third-order valence-corrected chi connectivity index (χ3v) is 0.680. The average molecular weight is 183 g/mol. The number of thiocarbonyl (C=S) groups is 1. The summed E-state index contributed by atoms with van der Waals surface area (Å²) >= 11 is 4.62. The highest BCUT2D eigenvalue weighted by Crippen LogP contribution is 1.98. The maximum atomic E-state index is 8.74. The van der Waals surface area contributed by atoms with Crippen molar-refractivity contribution in [1.82, 2.24) is 5.43 Å². The lowest BCUT2D eigenvalue weighted by Gasteiger charge is -1.78. The van der Waals surface area contributed by atoms with Crippen LogP contribution in [-0.4, -0.2) is 21.3 Å². The Morgan fingerprint density at radius 3 is 2.30 bits per heavy atom. The molecule has 1 aliphatic heterocycles. The summed E-state index contributed by atoms with van der Waals surface area (Å²) in [6.07, 6.45) is 0. The number of rotatable bonds is 0. The molecule has 8 heteroatoms. The van der Waals surface area contributed by atoms with E-state index < -0.39 is 8.25 Å². The largest absolute Gasteiger partial charge is 0.326 e. The Kier molecular flexibility index (Phi) is 5.23. The molecule has 3 N–H and O–H groups in total. The number of hydrogen-bond donors (Lipinski definition) is 3. The Hall–Kier alpha value is -0.360. The van der Waals surface area contributed by atoms with E-state index in [1.165, 1.54) is 0 Å². The zero-order valence-corrected chi connectivity index (χ0v) is 6.63. The van der Waals surface area contributed by atoms with E-state index >= 15 is 0 Å². The van der Waals surface area contributed by atoms with Gasteiger partial charge in [-0.2, -0.15) is 5.11 Å². The third-order valence-electron chi connectivity index (χ3n) is 0.460. The topological polar surface area (TPSA) is 94.3 Å². The van der Waals surface area contributed by atoms with E-state index in [1.54, 1.807) is 0 Å². The van der Waals surface area contributed by atoms with E-state index in [0.717, 1.165) is 0 Å². The standard InChI is InChI=1S/C2H3N3S.H3O3P/c6-2-1-3-5-4-2;1-4(2)3/h1H2,(H,3,4,6);4H,(H2,1,2,3). The van der Waals surface area contributed by atoms with E-state index in [-0.39, 0.29) is 0 Å². The summed E-state index contributed by atoms with van der Waals surface area (Å²) in [6, 6.07) is 0. The lowest BCUT2D eigenvalue weighted by Crippen LogP contribution is -2.09. The molecule has 0 atom stereocenters. The second kappa shape index (κ2) is 5.43.